The molecule has 1 unspecified atom stereocenters. The van der Waals surface area contributed by atoms with Gasteiger partial charge in [0.15, 0.2) is 0 Å². The molecule has 0 aliphatic rings. The molecule has 0 spiro atoms. The zero-order valence-electron chi connectivity index (χ0n) is 11.4. The number of nitriles is 1. The van der Waals surface area contributed by atoms with Crippen molar-refractivity contribution in [3.8, 4) is 6.07 Å². The number of hydrogen-bond acceptors (Lipinski definition) is 3. The van der Waals surface area contributed by atoms with Crippen molar-refractivity contribution >= 4 is 5.82 Å². The van der Waals surface area contributed by atoms with Crippen LogP contribution >= 0.6 is 0 Å². The van der Waals surface area contributed by atoms with Gasteiger partial charge in [-0.3, -0.25) is 0 Å². The van der Waals surface area contributed by atoms with Gasteiger partial charge in [-0.15, -0.1) is 0 Å². The Hall–Kier alpha value is -1.56. The summed E-state index contributed by atoms with van der Waals surface area (Å²) in [6, 6.07) is 4.65. The summed E-state index contributed by atoms with van der Waals surface area (Å²) in [5.41, 5.74) is 2.69. The molecule has 3 nitrogen and oxygen atoms in total. The van der Waals surface area contributed by atoms with Gasteiger partial charge < -0.3 is 4.90 Å². The van der Waals surface area contributed by atoms with Crippen LogP contribution in [0.2, 0.25) is 0 Å². The molecule has 3 heteroatoms. The average molecular weight is 231 g/mol. The monoisotopic (exact) mass is 231 g/mol. The fraction of sp³-hybridized carbons (Fsp3) is 0.571. The summed E-state index contributed by atoms with van der Waals surface area (Å²) >= 11 is 0. The Morgan fingerprint density at radius 1 is 1.41 bits per heavy atom. The number of nitrogens with zero attached hydrogens (tertiary/aromatic N) is 3. The molecule has 0 aliphatic carbocycles. The minimum atomic E-state index is 0.404. The predicted octanol–water partition coefficient (Wildman–Crippen LogP) is 3.19. The van der Waals surface area contributed by atoms with E-state index in [0.717, 1.165) is 30.0 Å². The van der Waals surface area contributed by atoms with Gasteiger partial charge in [-0.1, -0.05) is 6.92 Å². The third-order valence-electron chi connectivity index (χ3n) is 3.17. The molecule has 1 aromatic heterocycles. The van der Waals surface area contributed by atoms with Gasteiger partial charge in [0.25, 0.3) is 0 Å². The number of aryl methyl sites for hydroxylation is 2. The largest absolute Gasteiger partial charge is 0.353 e. The van der Waals surface area contributed by atoms with Crippen LogP contribution in [0, 0.1) is 25.2 Å². The van der Waals surface area contributed by atoms with Gasteiger partial charge in [0.05, 0.1) is 5.56 Å². The molecule has 0 bridgehead atoms. The molecule has 0 aromatic carbocycles. The fourth-order valence-electron chi connectivity index (χ4n) is 2.05. The van der Waals surface area contributed by atoms with E-state index in [1.807, 2.05) is 19.9 Å². The third-order valence-corrected chi connectivity index (χ3v) is 3.17. The lowest BCUT2D eigenvalue weighted by atomic mass is 10.1. The van der Waals surface area contributed by atoms with E-state index in [1.165, 1.54) is 0 Å². The second kappa shape index (κ2) is 5.67. The molecule has 0 radical (unpaired) electrons. The summed E-state index contributed by atoms with van der Waals surface area (Å²) in [7, 11) is 0. The van der Waals surface area contributed by atoms with Crippen LogP contribution in [0.4, 0.5) is 5.82 Å². The Morgan fingerprint density at radius 3 is 2.53 bits per heavy atom. The second-order valence-corrected chi connectivity index (χ2v) is 4.43. The van der Waals surface area contributed by atoms with Crippen LogP contribution < -0.4 is 4.90 Å². The van der Waals surface area contributed by atoms with Gasteiger partial charge in [-0.2, -0.15) is 5.26 Å². The lowest BCUT2D eigenvalue weighted by Gasteiger charge is -2.29. The minimum absolute atomic E-state index is 0.404. The zero-order chi connectivity index (χ0) is 13.0. The highest BCUT2D eigenvalue weighted by molar-refractivity contribution is 5.58. The topological polar surface area (TPSA) is 39.9 Å². The molecule has 1 heterocycles. The standard InChI is InChI=1S/C14H21N3/c1-6-12(5)17(7-2)14-13(9-15)10(3)8-11(4)16-14/h8,12H,6-7H2,1-5H3. The van der Waals surface area contributed by atoms with E-state index in [1.54, 1.807) is 0 Å². The number of hydrogen-bond donors (Lipinski definition) is 0. The molecular formula is C14H21N3. The maximum atomic E-state index is 9.27. The van der Waals surface area contributed by atoms with Gasteiger partial charge in [0.2, 0.25) is 0 Å². The molecule has 0 saturated heterocycles. The van der Waals surface area contributed by atoms with Crippen molar-refractivity contribution < 1.29 is 0 Å². The Kier molecular flexibility index (Phi) is 4.51. The Balaban J connectivity index is 3.32. The first kappa shape index (κ1) is 13.5. The summed E-state index contributed by atoms with van der Waals surface area (Å²) < 4.78 is 0. The van der Waals surface area contributed by atoms with Crippen LogP contribution in [0.1, 0.15) is 44.0 Å². The van der Waals surface area contributed by atoms with Crippen LogP contribution in [-0.4, -0.2) is 17.6 Å². The number of rotatable bonds is 4. The van der Waals surface area contributed by atoms with E-state index in [0.29, 0.717) is 11.6 Å². The highest BCUT2D eigenvalue weighted by atomic mass is 15.2. The van der Waals surface area contributed by atoms with Crippen LogP contribution in [0.3, 0.4) is 0 Å². The van der Waals surface area contributed by atoms with Crippen molar-refractivity contribution in [1.82, 2.24) is 4.98 Å². The normalized spacial score (nSPS) is 12.0. The van der Waals surface area contributed by atoms with Gasteiger partial charge in [0, 0.05) is 18.3 Å². The van der Waals surface area contributed by atoms with Crippen LogP contribution in [0.25, 0.3) is 0 Å². The van der Waals surface area contributed by atoms with E-state index in [9.17, 15) is 5.26 Å². The molecule has 1 rings (SSSR count). The molecule has 0 amide bonds. The van der Waals surface area contributed by atoms with Crippen LogP contribution in [0.15, 0.2) is 6.07 Å². The van der Waals surface area contributed by atoms with E-state index in [-0.39, 0.29) is 0 Å². The first-order valence-corrected chi connectivity index (χ1v) is 6.20. The van der Waals surface area contributed by atoms with Gasteiger partial charge in [-0.25, -0.2) is 4.98 Å². The molecule has 0 N–H and O–H groups in total. The van der Waals surface area contributed by atoms with Crippen LogP contribution in [0.5, 0.6) is 0 Å². The zero-order valence-corrected chi connectivity index (χ0v) is 11.4. The summed E-state index contributed by atoms with van der Waals surface area (Å²) in [5, 5.41) is 9.27. The highest BCUT2D eigenvalue weighted by Crippen LogP contribution is 2.24. The van der Waals surface area contributed by atoms with Gasteiger partial charge in [-0.05, 0) is 45.7 Å². The summed E-state index contributed by atoms with van der Waals surface area (Å²) in [6.45, 7) is 11.3. The lowest BCUT2D eigenvalue weighted by Crippen LogP contribution is -2.34. The van der Waals surface area contributed by atoms with E-state index >= 15 is 0 Å². The highest BCUT2D eigenvalue weighted by Gasteiger charge is 2.18. The molecule has 0 saturated carbocycles. The predicted molar refractivity (Wildman–Crippen MR) is 71.2 cm³/mol. The Labute approximate surface area is 104 Å². The molecule has 0 aliphatic heterocycles. The van der Waals surface area contributed by atoms with Crippen molar-refractivity contribution in [2.45, 2.75) is 47.1 Å². The first-order valence-electron chi connectivity index (χ1n) is 6.20. The van der Waals surface area contributed by atoms with Crippen molar-refractivity contribution in [3.63, 3.8) is 0 Å². The Morgan fingerprint density at radius 2 is 2.06 bits per heavy atom. The molecule has 17 heavy (non-hydrogen) atoms. The molecular weight excluding hydrogens is 210 g/mol. The molecule has 1 atom stereocenters. The van der Waals surface area contributed by atoms with Gasteiger partial charge in [0.1, 0.15) is 11.9 Å². The van der Waals surface area contributed by atoms with Crippen LogP contribution in [-0.2, 0) is 0 Å². The Bertz CT molecular complexity index is 432. The first-order chi connectivity index (χ1) is 8.04. The van der Waals surface area contributed by atoms with Crippen molar-refractivity contribution in [3.05, 3.63) is 22.9 Å². The molecule has 1 aromatic rings. The van der Waals surface area contributed by atoms with E-state index in [2.05, 4.69) is 36.7 Å². The molecule has 0 fully saturated rings. The maximum Gasteiger partial charge on any atom is 0.147 e. The third kappa shape index (κ3) is 2.76. The lowest BCUT2D eigenvalue weighted by molar-refractivity contribution is 0.621. The summed E-state index contributed by atoms with van der Waals surface area (Å²) in [5.74, 6) is 0.835. The van der Waals surface area contributed by atoms with Crippen molar-refractivity contribution in [2.24, 2.45) is 0 Å². The number of aromatic nitrogens is 1. The minimum Gasteiger partial charge on any atom is -0.353 e. The number of anilines is 1. The van der Waals surface area contributed by atoms with E-state index in [4.69, 9.17) is 0 Å². The SMILES string of the molecule is CCC(C)N(CC)c1nc(C)cc(C)c1C#N. The molecule has 92 valence electrons. The van der Waals surface area contributed by atoms with E-state index < -0.39 is 0 Å². The summed E-state index contributed by atoms with van der Waals surface area (Å²) in [6.07, 6.45) is 1.05. The smallest absolute Gasteiger partial charge is 0.147 e. The quantitative estimate of drug-likeness (QED) is 0.799. The maximum absolute atomic E-state index is 9.27. The summed E-state index contributed by atoms with van der Waals surface area (Å²) in [4.78, 5) is 6.76. The van der Waals surface area contributed by atoms with Crippen molar-refractivity contribution in [1.29, 1.82) is 5.26 Å². The average Bonchev–Trinajstić information content (AvgIpc) is 2.29. The second-order valence-electron chi connectivity index (χ2n) is 4.43. The van der Waals surface area contributed by atoms with Gasteiger partial charge >= 0.3 is 0 Å². The fourth-order valence-corrected chi connectivity index (χ4v) is 2.05. The number of pyridine rings is 1. The van der Waals surface area contributed by atoms with Crippen molar-refractivity contribution in [2.75, 3.05) is 11.4 Å².